The van der Waals surface area contributed by atoms with E-state index < -0.39 is 0 Å². The van der Waals surface area contributed by atoms with Crippen molar-refractivity contribution in [1.82, 2.24) is 0 Å². The Morgan fingerprint density at radius 1 is 1.50 bits per heavy atom. The Morgan fingerprint density at radius 2 is 2.14 bits per heavy atom. The number of aliphatic hydroxyl groups excluding tert-OH is 1. The molecule has 1 unspecified atom stereocenters. The fourth-order valence-corrected chi connectivity index (χ4v) is 2.35. The van der Waals surface area contributed by atoms with Crippen molar-refractivity contribution in [2.45, 2.75) is 39.7 Å². The molecule has 0 aliphatic carbocycles. The fourth-order valence-electron chi connectivity index (χ4n) is 1.20. The Hall–Kier alpha value is -0.0500. The molecule has 1 atom stereocenters. The zero-order valence-electron chi connectivity index (χ0n) is 8.88. The monoisotopic (exact) mass is 232 g/mol. The van der Waals surface area contributed by atoms with Gasteiger partial charge in [0.15, 0.2) is 0 Å². The highest BCUT2D eigenvalue weighted by Gasteiger charge is 2.21. The van der Waals surface area contributed by atoms with Gasteiger partial charge in [0.2, 0.25) is 0 Å². The second-order valence-electron chi connectivity index (χ2n) is 4.61. The van der Waals surface area contributed by atoms with Crippen molar-refractivity contribution in [3.8, 4) is 0 Å². The minimum atomic E-state index is -0.263. The summed E-state index contributed by atoms with van der Waals surface area (Å²) in [5.41, 5.74) is -0.0380. The van der Waals surface area contributed by atoms with E-state index >= 15 is 0 Å². The van der Waals surface area contributed by atoms with E-state index in [4.69, 9.17) is 11.6 Å². The highest BCUT2D eigenvalue weighted by Crippen LogP contribution is 2.27. The maximum atomic E-state index is 9.84. The lowest BCUT2D eigenvalue weighted by atomic mass is 9.86. The first-order valence-electron chi connectivity index (χ1n) is 4.81. The third-order valence-electron chi connectivity index (χ3n) is 2.34. The fraction of sp³-hybridized carbons (Fsp3) is 0.636. The van der Waals surface area contributed by atoms with E-state index in [1.807, 2.05) is 32.2 Å². The number of hydrogen-bond acceptors (Lipinski definition) is 2. The third-order valence-corrected chi connectivity index (χ3v) is 3.78. The van der Waals surface area contributed by atoms with E-state index in [9.17, 15) is 5.11 Å². The third kappa shape index (κ3) is 3.26. The molecule has 80 valence electrons. The molecule has 1 nitrogen and oxygen atoms in total. The summed E-state index contributed by atoms with van der Waals surface area (Å²) >= 11 is 7.63. The van der Waals surface area contributed by atoms with Gasteiger partial charge in [-0.05, 0) is 29.7 Å². The molecule has 0 amide bonds. The summed E-state index contributed by atoms with van der Waals surface area (Å²) in [4.78, 5) is 1.18. The standard InChI is InChI=1S/C11H17ClOS/c1-11(2,3)10(13)5-4-9-8(12)6-7-14-9/h6-7,10,13H,4-5H2,1-3H3. The average molecular weight is 233 g/mol. The van der Waals surface area contributed by atoms with Crippen molar-refractivity contribution in [3.63, 3.8) is 0 Å². The van der Waals surface area contributed by atoms with Gasteiger partial charge in [-0.25, -0.2) is 0 Å². The second kappa shape index (κ2) is 4.65. The summed E-state index contributed by atoms with van der Waals surface area (Å²) in [5, 5.41) is 12.7. The normalized spacial score (nSPS) is 14.4. The number of halogens is 1. The Morgan fingerprint density at radius 3 is 2.57 bits per heavy atom. The molecule has 1 N–H and O–H groups in total. The van der Waals surface area contributed by atoms with Crippen LogP contribution >= 0.6 is 22.9 Å². The molecule has 0 aliphatic rings. The van der Waals surface area contributed by atoms with Gasteiger partial charge < -0.3 is 5.11 Å². The van der Waals surface area contributed by atoms with Crippen LogP contribution in [0.25, 0.3) is 0 Å². The molecule has 0 aromatic carbocycles. The number of rotatable bonds is 3. The number of aliphatic hydroxyl groups is 1. The maximum Gasteiger partial charge on any atom is 0.0592 e. The average Bonchev–Trinajstić information content (AvgIpc) is 2.45. The van der Waals surface area contributed by atoms with Crippen LogP contribution in [-0.2, 0) is 6.42 Å². The minimum Gasteiger partial charge on any atom is -0.393 e. The molecule has 0 spiro atoms. The second-order valence-corrected chi connectivity index (χ2v) is 6.02. The molecule has 1 aromatic rings. The predicted molar refractivity (Wildman–Crippen MR) is 63.1 cm³/mol. The van der Waals surface area contributed by atoms with Gasteiger partial charge in [0.05, 0.1) is 11.1 Å². The van der Waals surface area contributed by atoms with Crippen molar-refractivity contribution < 1.29 is 5.11 Å². The van der Waals surface area contributed by atoms with E-state index in [1.54, 1.807) is 11.3 Å². The van der Waals surface area contributed by atoms with E-state index in [0.717, 1.165) is 17.9 Å². The van der Waals surface area contributed by atoms with Gasteiger partial charge in [0, 0.05) is 4.88 Å². The van der Waals surface area contributed by atoms with Crippen molar-refractivity contribution in [1.29, 1.82) is 0 Å². The van der Waals surface area contributed by atoms with Gasteiger partial charge in [-0.3, -0.25) is 0 Å². The van der Waals surface area contributed by atoms with E-state index in [0.29, 0.717) is 0 Å². The van der Waals surface area contributed by atoms with Crippen LogP contribution in [0.5, 0.6) is 0 Å². The Labute approximate surface area is 94.7 Å². The summed E-state index contributed by atoms with van der Waals surface area (Å²) in [6, 6.07) is 1.91. The lowest BCUT2D eigenvalue weighted by Crippen LogP contribution is -2.26. The van der Waals surface area contributed by atoms with Crippen LogP contribution in [0.3, 0.4) is 0 Å². The molecule has 0 radical (unpaired) electrons. The molecule has 1 heterocycles. The Kier molecular flexibility index (Phi) is 3.99. The highest BCUT2D eigenvalue weighted by atomic mass is 35.5. The van der Waals surface area contributed by atoms with Crippen LogP contribution in [0, 0.1) is 5.41 Å². The molecule has 1 aromatic heterocycles. The molecule has 0 aliphatic heterocycles. The number of thiophene rings is 1. The van der Waals surface area contributed by atoms with Crippen molar-refractivity contribution in [3.05, 3.63) is 21.3 Å². The van der Waals surface area contributed by atoms with Crippen LogP contribution in [0.1, 0.15) is 32.1 Å². The summed E-state index contributed by atoms with van der Waals surface area (Å²) in [6.07, 6.45) is 1.39. The van der Waals surface area contributed by atoms with Gasteiger partial charge in [-0.15, -0.1) is 11.3 Å². The smallest absolute Gasteiger partial charge is 0.0592 e. The van der Waals surface area contributed by atoms with Gasteiger partial charge in [0.1, 0.15) is 0 Å². The van der Waals surface area contributed by atoms with Crippen LogP contribution in [0.4, 0.5) is 0 Å². The van der Waals surface area contributed by atoms with Crippen LogP contribution in [0.15, 0.2) is 11.4 Å². The van der Waals surface area contributed by atoms with Gasteiger partial charge in [-0.1, -0.05) is 32.4 Å². The van der Waals surface area contributed by atoms with Gasteiger partial charge in [-0.2, -0.15) is 0 Å². The van der Waals surface area contributed by atoms with Crippen molar-refractivity contribution in [2.24, 2.45) is 5.41 Å². The SMILES string of the molecule is CC(C)(C)C(O)CCc1sccc1Cl. The first-order valence-corrected chi connectivity index (χ1v) is 6.07. The molecular formula is C11H17ClOS. The molecule has 0 saturated carbocycles. The van der Waals surface area contributed by atoms with E-state index in [1.165, 1.54) is 4.88 Å². The Balaban J connectivity index is 2.46. The van der Waals surface area contributed by atoms with Crippen molar-refractivity contribution in [2.75, 3.05) is 0 Å². The van der Waals surface area contributed by atoms with Gasteiger partial charge in [0.25, 0.3) is 0 Å². The highest BCUT2D eigenvalue weighted by molar-refractivity contribution is 7.10. The molecule has 3 heteroatoms. The zero-order chi connectivity index (χ0) is 10.8. The lowest BCUT2D eigenvalue weighted by Gasteiger charge is -2.25. The summed E-state index contributed by atoms with van der Waals surface area (Å²) < 4.78 is 0. The zero-order valence-corrected chi connectivity index (χ0v) is 10.5. The molecular weight excluding hydrogens is 216 g/mol. The largest absolute Gasteiger partial charge is 0.393 e. The molecule has 0 saturated heterocycles. The summed E-state index contributed by atoms with van der Waals surface area (Å²) in [6.45, 7) is 6.15. The van der Waals surface area contributed by atoms with Crippen molar-refractivity contribution >= 4 is 22.9 Å². The van der Waals surface area contributed by atoms with Crippen LogP contribution in [-0.4, -0.2) is 11.2 Å². The first kappa shape index (κ1) is 12.0. The molecule has 0 bridgehead atoms. The summed E-state index contributed by atoms with van der Waals surface area (Å²) in [7, 11) is 0. The lowest BCUT2D eigenvalue weighted by molar-refractivity contribution is 0.0562. The molecule has 14 heavy (non-hydrogen) atoms. The van der Waals surface area contributed by atoms with Crippen LogP contribution < -0.4 is 0 Å². The number of hydrogen-bond donors (Lipinski definition) is 1. The minimum absolute atomic E-state index is 0.0380. The van der Waals surface area contributed by atoms with E-state index in [-0.39, 0.29) is 11.5 Å². The van der Waals surface area contributed by atoms with Crippen LogP contribution in [0.2, 0.25) is 5.02 Å². The first-order chi connectivity index (χ1) is 6.41. The molecule has 0 fully saturated rings. The Bertz CT molecular complexity index is 288. The predicted octanol–water partition coefficient (Wildman–Crippen LogP) is 3.74. The van der Waals surface area contributed by atoms with E-state index in [2.05, 4.69) is 0 Å². The topological polar surface area (TPSA) is 20.2 Å². The maximum absolute atomic E-state index is 9.84. The number of aryl methyl sites for hydroxylation is 1. The quantitative estimate of drug-likeness (QED) is 0.842. The van der Waals surface area contributed by atoms with Gasteiger partial charge >= 0.3 is 0 Å². The molecule has 1 rings (SSSR count). The summed E-state index contributed by atoms with van der Waals surface area (Å²) in [5.74, 6) is 0.